The van der Waals surface area contributed by atoms with E-state index in [-0.39, 0.29) is 11.9 Å². The minimum Gasteiger partial charge on any atom is -0.492 e. The highest BCUT2D eigenvalue weighted by molar-refractivity contribution is 7.92. The summed E-state index contributed by atoms with van der Waals surface area (Å²) in [7, 11) is -2.95. The van der Waals surface area contributed by atoms with Crippen molar-refractivity contribution >= 4 is 9.84 Å². The first-order chi connectivity index (χ1) is 9.65. The molecule has 1 N–H and O–H groups in total. The Labute approximate surface area is 120 Å². The Hall–Kier alpha value is -1.07. The standard InChI is InChI=1S/C15H21NO3S/c17-20(18)8-2-1-3-15(20)11-19-14-5-4-12-6-7-16-10-13(12)9-14/h4-5,9,15-16H,1-3,6-8,10-11H2. The van der Waals surface area contributed by atoms with Gasteiger partial charge >= 0.3 is 0 Å². The second-order valence-electron chi connectivity index (χ2n) is 5.65. The number of ether oxygens (including phenoxy) is 1. The van der Waals surface area contributed by atoms with Crippen LogP contribution in [0, 0.1) is 0 Å². The van der Waals surface area contributed by atoms with Gasteiger partial charge in [0.25, 0.3) is 0 Å². The van der Waals surface area contributed by atoms with Crippen molar-refractivity contribution in [2.45, 2.75) is 37.5 Å². The third-order valence-corrected chi connectivity index (χ3v) is 6.46. The van der Waals surface area contributed by atoms with E-state index in [2.05, 4.69) is 11.4 Å². The average Bonchev–Trinajstić information content (AvgIpc) is 2.45. The Balaban J connectivity index is 1.66. The van der Waals surface area contributed by atoms with Gasteiger partial charge in [0.1, 0.15) is 12.4 Å². The molecule has 0 radical (unpaired) electrons. The molecule has 0 aromatic heterocycles. The highest BCUT2D eigenvalue weighted by atomic mass is 32.2. The summed E-state index contributed by atoms with van der Waals surface area (Å²) < 4.78 is 29.6. The van der Waals surface area contributed by atoms with E-state index in [4.69, 9.17) is 4.74 Å². The second kappa shape index (κ2) is 5.74. The Kier molecular flexibility index (Phi) is 3.98. The number of hydrogen-bond donors (Lipinski definition) is 1. The fraction of sp³-hybridized carbons (Fsp3) is 0.600. The van der Waals surface area contributed by atoms with E-state index in [0.717, 1.165) is 44.5 Å². The fourth-order valence-corrected chi connectivity index (χ4v) is 4.69. The molecule has 0 saturated carbocycles. The lowest BCUT2D eigenvalue weighted by molar-refractivity contribution is 0.302. The van der Waals surface area contributed by atoms with Gasteiger partial charge < -0.3 is 10.1 Å². The molecule has 4 nitrogen and oxygen atoms in total. The van der Waals surface area contributed by atoms with Crippen molar-refractivity contribution < 1.29 is 13.2 Å². The molecule has 0 aliphatic carbocycles. The number of hydrogen-bond acceptors (Lipinski definition) is 4. The van der Waals surface area contributed by atoms with Crippen molar-refractivity contribution in [3.63, 3.8) is 0 Å². The lowest BCUT2D eigenvalue weighted by atomic mass is 10.0. The van der Waals surface area contributed by atoms with Crippen LogP contribution in [0.3, 0.4) is 0 Å². The molecule has 0 amide bonds. The van der Waals surface area contributed by atoms with E-state index in [1.54, 1.807) is 0 Å². The van der Waals surface area contributed by atoms with Crippen LogP contribution in [0.5, 0.6) is 5.75 Å². The van der Waals surface area contributed by atoms with Crippen LogP contribution in [0.15, 0.2) is 18.2 Å². The number of benzene rings is 1. The third-order valence-electron chi connectivity index (χ3n) is 4.21. The summed E-state index contributed by atoms with van der Waals surface area (Å²) in [5.74, 6) is 1.10. The van der Waals surface area contributed by atoms with Crippen molar-refractivity contribution in [2.75, 3.05) is 18.9 Å². The van der Waals surface area contributed by atoms with Crippen LogP contribution in [0.4, 0.5) is 0 Å². The second-order valence-corrected chi connectivity index (χ2v) is 8.05. The number of sulfone groups is 1. The molecule has 2 heterocycles. The van der Waals surface area contributed by atoms with Crippen LogP contribution in [-0.4, -0.2) is 32.6 Å². The molecule has 2 aliphatic heterocycles. The van der Waals surface area contributed by atoms with Crippen LogP contribution in [-0.2, 0) is 22.8 Å². The molecule has 1 saturated heterocycles. The highest BCUT2D eigenvalue weighted by Gasteiger charge is 2.29. The van der Waals surface area contributed by atoms with E-state index >= 15 is 0 Å². The maximum absolute atomic E-state index is 11.9. The zero-order valence-electron chi connectivity index (χ0n) is 11.6. The molecule has 110 valence electrons. The van der Waals surface area contributed by atoms with Crippen LogP contribution in [0.2, 0.25) is 0 Å². The number of fused-ring (bicyclic) bond motifs is 1. The lowest BCUT2D eigenvalue weighted by Crippen LogP contribution is -2.33. The van der Waals surface area contributed by atoms with Crippen LogP contribution < -0.4 is 10.1 Å². The predicted molar refractivity (Wildman–Crippen MR) is 78.8 cm³/mol. The zero-order chi connectivity index (χ0) is 14.0. The van der Waals surface area contributed by atoms with Gasteiger partial charge in [-0.2, -0.15) is 0 Å². The normalized spacial score (nSPS) is 24.9. The van der Waals surface area contributed by atoms with Gasteiger partial charge in [-0.3, -0.25) is 0 Å². The Morgan fingerprint density at radius 1 is 1.25 bits per heavy atom. The molecular formula is C15H21NO3S. The molecular weight excluding hydrogens is 274 g/mol. The predicted octanol–water partition coefficient (Wildman–Crippen LogP) is 1.68. The maximum Gasteiger partial charge on any atom is 0.156 e. The molecule has 0 bridgehead atoms. The van der Waals surface area contributed by atoms with Crippen molar-refractivity contribution in [3.05, 3.63) is 29.3 Å². The maximum atomic E-state index is 11.9. The average molecular weight is 295 g/mol. The quantitative estimate of drug-likeness (QED) is 0.922. The summed E-state index contributed by atoms with van der Waals surface area (Å²) in [6.07, 6.45) is 3.56. The fourth-order valence-electron chi connectivity index (χ4n) is 2.94. The van der Waals surface area contributed by atoms with Crippen molar-refractivity contribution in [2.24, 2.45) is 0 Å². The summed E-state index contributed by atoms with van der Waals surface area (Å²) in [4.78, 5) is 0. The van der Waals surface area contributed by atoms with Gasteiger partial charge in [-0.25, -0.2) is 8.42 Å². The molecule has 2 aliphatic rings. The van der Waals surface area contributed by atoms with Crippen LogP contribution in [0.25, 0.3) is 0 Å². The first kappa shape index (κ1) is 13.9. The molecule has 1 aromatic rings. The Bertz CT molecular complexity index is 583. The first-order valence-electron chi connectivity index (χ1n) is 7.32. The van der Waals surface area contributed by atoms with E-state index in [0.29, 0.717) is 5.75 Å². The van der Waals surface area contributed by atoms with Gasteiger partial charge in [-0.15, -0.1) is 0 Å². The largest absolute Gasteiger partial charge is 0.492 e. The molecule has 3 rings (SSSR count). The SMILES string of the molecule is O=S1(=O)CCCCC1COc1ccc2c(c1)CNCC2. The molecule has 20 heavy (non-hydrogen) atoms. The van der Waals surface area contributed by atoms with Gasteiger partial charge in [0.05, 0.1) is 11.0 Å². The van der Waals surface area contributed by atoms with Gasteiger partial charge in [-0.05, 0) is 49.1 Å². The van der Waals surface area contributed by atoms with Crippen LogP contribution in [0.1, 0.15) is 30.4 Å². The summed E-state index contributed by atoms with van der Waals surface area (Å²) in [5.41, 5.74) is 2.63. The molecule has 0 spiro atoms. The minimum atomic E-state index is -2.95. The van der Waals surface area contributed by atoms with Crippen molar-refractivity contribution in [1.82, 2.24) is 5.32 Å². The minimum absolute atomic E-state index is 0.286. The monoisotopic (exact) mass is 295 g/mol. The van der Waals surface area contributed by atoms with Gasteiger partial charge in [0.2, 0.25) is 0 Å². The summed E-state index contributed by atoms with van der Waals surface area (Å²) in [5, 5.41) is 3.01. The molecule has 1 unspecified atom stereocenters. The van der Waals surface area contributed by atoms with Crippen molar-refractivity contribution in [3.8, 4) is 5.75 Å². The highest BCUT2D eigenvalue weighted by Crippen LogP contribution is 2.23. The molecule has 1 atom stereocenters. The third kappa shape index (κ3) is 2.99. The number of nitrogens with one attached hydrogen (secondary N) is 1. The van der Waals surface area contributed by atoms with Gasteiger partial charge in [0.15, 0.2) is 9.84 Å². The molecule has 1 fully saturated rings. The van der Waals surface area contributed by atoms with Gasteiger partial charge in [-0.1, -0.05) is 12.5 Å². The summed E-state index contributed by atoms with van der Waals surface area (Å²) >= 11 is 0. The smallest absolute Gasteiger partial charge is 0.156 e. The summed E-state index contributed by atoms with van der Waals surface area (Å²) in [6.45, 7) is 2.18. The molecule has 5 heteroatoms. The van der Waals surface area contributed by atoms with E-state index < -0.39 is 9.84 Å². The first-order valence-corrected chi connectivity index (χ1v) is 9.03. The summed E-state index contributed by atoms with van der Waals surface area (Å²) in [6, 6.07) is 6.09. The van der Waals surface area contributed by atoms with Gasteiger partial charge in [0, 0.05) is 6.54 Å². The van der Waals surface area contributed by atoms with Crippen LogP contribution >= 0.6 is 0 Å². The Morgan fingerprint density at radius 2 is 2.15 bits per heavy atom. The van der Waals surface area contributed by atoms with E-state index in [9.17, 15) is 8.42 Å². The lowest BCUT2D eigenvalue weighted by Gasteiger charge is -2.23. The van der Waals surface area contributed by atoms with E-state index in [1.165, 1.54) is 11.1 Å². The zero-order valence-corrected chi connectivity index (χ0v) is 12.4. The molecule has 1 aromatic carbocycles. The van der Waals surface area contributed by atoms with Crippen molar-refractivity contribution in [1.29, 1.82) is 0 Å². The Morgan fingerprint density at radius 3 is 3.00 bits per heavy atom. The van der Waals surface area contributed by atoms with E-state index in [1.807, 2.05) is 12.1 Å². The number of rotatable bonds is 3. The topological polar surface area (TPSA) is 55.4 Å².